The molecule has 0 aromatic carbocycles. The van der Waals surface area contributed by atoms with Crippen LogP contribution in [0, 0.1) is 0 Å². The SMILES string of the molecule is CC1CCCc2nc(C3CCN(C)CC3)cn21. The van der Waals surface area contributed by atoms with Crippen LogP contribution in [0.25, 0.3) is 0 Å². The Kier molecular flexibility index (Phi) is 2.95. The monoisotopic (exact) mass is 233 g/mol. The smallest absolute Gasteiger partial charge is 0.109 e. The van der Waals surface area contributed by atoms with Gasteiger partial charge in [-0.15, -0.1) is 0 Å². The maximum absolute atomic E-state index is 4.89. The van der Waals surface area contributed by atoms with Crippen LogP contribution >= 0.6 is 0 Å². The number of aryl methyl sites for hydroxylation is 1. The van der Waals surface area contributed by atoms with E-state index in [0.717, 1.165) is 0 Å². The van der Waals surface area contributed by atoms with Crippen molar-refractivity contribution in [3.63, 3.8) is 0 Å². The second kappa shape index (κ2) is 4.45. The van der Waals surface area contributed by atoms with Gasteiger partial charge in [-0.2, -0.15) is 0 Å². The minimum Gasteiger partial charge on any atom is -0.332 e. The van der Waals surface area contributed by atoms with Crippen LogP contribution in [0.15, 0.2) is 6.20 Å². The second-order valence-electron chi connectivity index (χ2n) is 5.81. The molecule has 3 heteroatoms. The van der Waals surface area contributed by atoms with E-state index in [4.69, 9.17) is 4.98 Å². The average Bonchev–Trinajstić information content (AvgIpc) is 2.75. The van der Waals surface area contributed by atoms with E-state index >= 15 is 0 Å². The van der Waals surface area contributed by atoms with Gasteiger partial charge < -0.3 is 9.47 Å². The highest BCUT2D eigenvalue weighted by atomic mass is 15.1. The Balaban J connectivity index is 1.80. The van der Waals surface area contributed by atoms with Gasteiger partial charge in [-0.05, 0) is 52.7 Å². The highest BCUT2D eigenvalue weighted by Gasteiger charge is 2.24. The maximum atomic E-state index is 4.89. The number of hydrogen-bond donors (Lipinski definition) is 0. The molecule has 0 spiro atoms. The largest absolute Gasteiger partial charge is 0.332 e. The molecular weight excluding hydrogens is 210 g/mol. The Bertz CT molecular complexity index is 388. The van der Waals surface area contributed by atoms with E-state index < -0.39 is 0 Å². The van der Waals surface area contributed by atoms with Gasteiger partial charge in [-0.1, -0.05) is 0 Å². The van der Waals surface area contributed by atoms with Gasteiger partial charge in [0, 0.05) is 24.6 Å². The predicted octanol–water partition coefficient (Wildman–Crippen LogP) is 2.59. The summed E-state index contributed by atoms with van der Waals surface area (Å²) >= 11 is 0. The first kappa shape index (κ1) is 11.3. The number of imidazole rings is 1. The van der Waals surface area contributed by atoms with Crippen LogP contribution in [0.1, 0.15) is 56.1 Å². The fraction of sp³-hybridized carbons (Fsp3) is 0.786. The molecule has 3 nitrogen and oxygen atoms in total. The Morgan fingerprint density at radius 2 is 2.00 bits per heavy atom. The molecule has 0 radical (unpaired) electrons. The first-order valence-electron chi connectivity index (χ1n) is 7.00. The highest BCUT2D eigenvalue weighted by Crippen LogP contribution is 2.31. The van der Waals surface area contributed by atoms with Crippen molar-refractivity contribution in [3.05, 3.63) is 17.7 Å². The molecule has 2 aliphatic rings. The van der Waals surface area contributed by atoms with Crippen LogP contribution in [-0.4, -0.2) is 34.6 Å². The third kappa shape index (κ3) is 2.13. The van der Waals surface area contributed by atoms with Gasteiger partial charge in [0.2, 0.25) is 0 Å². The summed E-state index contributed by atoms with van der Waals surface area (Å²) in [7, 11) is 2.22. The summed E-state index contributed by atoms with van der Waals surface area (Å²) < 4.78 is 2.43. The van der Waals surface area contributed by atoms with E-state index in [1.807, 2.05) is 0 Å². The van der Waals surface area contributed by atoms with Crippen LogP contribution in [-0.2, 0) is 6.42 Å². The minimum absolute atomic E-state index is 0.659. The summed E-state index contributed by atoms with van der Waals surface area (Å²) in [6, 6.07) is 0.659. The fourth-order valence-corrected chi connectivity index (χ4v) is 3.21. The zero-order valence-corrected chi connectivity index (χ0v) is 11.0. The van der Waals surface area contributed by atoms with E-state index in [9.17, 15) is 0 Å². The lowest BCUT2D eigenvalue weighted by Gasteiger charge is -2.27. The number of aromatic nitrogens is 2. The second-order valence-corrected chi connectivity index (χ2v) is 5.81. The lowest BCUT2D eigenvalue weighted by molar-refractivity contribution is 0.253. The predicted molar refractivity (Wildman–Crippen MR) is 69.3 cm³/mol. The quantitative estimate of drug-likeness (QED) is 0.743. The molecular formula is C14H23N3. The van der Waals surface area contributed by atoms with Crippen molar-refractivity contribution in [2.45, 2.75) is 51.0 Å². The topological polar surface area (TPSA) is 21.1 Å². The number of rotatable bonds is 1. The molecule has 3 heterocycles. The molecule has 0 N–H and O–H groups in total. The summed E-state index contributed by atoms with van der Waals surface area (Å²) in [5.74, 6) is 2.04. The first-order chi connectivity index (χ1) is 8.24. The molecule has 94 valence electrons. The lowest BCUT2D eigenvalue weighted by Crippen LogP contribution is -2.29. The zero-order chi connectivity index (χ0) is 11.8. The molecule has 0 aliphatic carbocycles. The summed E-state index contributed by atoms with van der Waals surface area (Å²) in [6.07, 6.45) is 8.70. The van der Waals surface area contributed by atoms with Crippen molar-refractivity contribution < 1.29 is 0 Å². The number of likely N-dealkylation sites (tertiary alicyclic amines) is 1. The van der Waals surface area contributed by atoms with Gasteiger partial charge in [-0.3, -0.25) is 0 Å². The van der Waals surface area contributed by atoms with Gasteiger partial charge in [-0.25, -0.2) is 4.98 Å². The van der Waals surface area contributed by atoms with Crippen molar-refractivity contribution >= 4 is 0 Å². The van der Waals surface area contributed by atoms with Crippen molar-refractivity contribution in [2.24, 2.45) is 0 Å². The molecule has 0 saturated carbocycles. The van der Waals surface area contributed by atoms with Crippen molar-refractivity contribution in [1.29, 1.82) is 0 Å². The van der Waals surface area contributed by atoms with E-state index in [1.165, 1.54) is 56.7 Å². The maximum Gasteiger partial charge on any atom is 0.109 e. The molecule has 0 amide bonds. The number of hydrogen-bond acceptors (Lipinski definition) is 2. The Morgan fingerprint density at radius 3 is 2.71 bits per heavy atom. The number of piperidine rings is 1. The van der Waals surface area contributed by atoms with E-state index in [0.29, 0.717) is 12.0 Å². The van der Waals surface area contributed by atoms with Crippen molar-refractivity contribution in [1.82, 2.24) is 14.5 Å². The summed E-state index contributed by atoms with van der Waals surface area (Å²) in [5.41, 5.74) is 1.36. The third-order valence-electron chi connectivity index (χ3n) is 4.46. The molecule has 0 bridgehead atoms. The molecule has 2 aliphatic heterocycles. The van der Waals surface area contributed by atoms with Crippen LogP contribution in [0.3, 0.4) is 0 Å². The van der Waals surface area contributed by atoms with Crippen LogP contribution in [0.2, 0.25) is 0 Å². The summed E-state index contributed by atoms with van der Waals surface area (Å²) in [6.45, 7) is 4.77. The summed E-state index contributed by atoms with van der Waals surface area (Å²) in [5, 5.41) is 0. The Morgan fingerprint density at radius 1 is 1.24 bits per heavy atom. The highest BCUT2D eigenvalue weighted by molar-refractivity contribution is 5.13. The van der Waals surface area contributed by atoms with Gasteiger partial charge in [0.05, 0.1) is 5.69 Å². The molecule has 1 fully saturated rings. The number of nitrogens with zero attached hydrogens (tertiary/aromatic N) is 3. The van der Waals surface area contributed by atoms with Gasteiger partial charge in [0.1, 0.15) is 5.82 Å². The van der Waals surface area contributed by atoms with E-state index in [2.05, 4.69) is 29.6 Å². The molecule has 17 heavy (non-hydrogen) atoms. The molecule has 1 aromatic heterocycles. The molecule has 1 aromatic rings. The fourth-order valence-electron chi connectivity index (χ4n) is 3.21. The average molecular weight is 233 g/mol. The van der Waals surface area contributed by atoms with Gasteiger partial charge >= 0.3 is 0 Å². The standard InChI is InChI=1S/C14H23N3/c1-11-4-3-5-14-15-13(10-17(11)14)12-6-8-16(2)9-7-12/h10-12H,3-9H2,1-2H3. The van der Waals surface area contributed by atoms with Crippen LogP contribution in [0.5, 0.6) is 0 Å². The van der Waals surface area contributed by atoms with Gasteiger partial charge in [0.15, 0.2) is 0 Å². The minimum atomic E-state index is 0.659. The summed E-state index contributed by atoms with van der Waals surface area (Å²) in [4.78, 5) is 7.32. The Labute approximate surface area is 104 Å². The normalized spacial score (nSPS) is 27.1. The lowest BCUT2D eigenvalue weighted by atomic mass is 9.94. The molecule has 1 atom stereocenters. The van der Waals surface area contributed by atoms with Crippen LogP contribution in [0.4, 0.5) is 0 Å². The Hall–Kier alpha value is -0.830. The molecule has 1 saturated heterocycles. The molecule has 1 unspecified atom stereocenters. The van der Waals surface area contributed by atoms with Crippen molar-refractivity contribution in [3.8, 4) is 0 Å². The zero-order valence-electron chi connectivity index (χ0n) is 11.0. The third-order valence-corrected chi connectivity index (χ3v) is 4.46. The number of fused-ring (bicyclic) bond motifs is 1. The molecule has 3 rings (SSSR count). The van der Waals surface area contributed by atoms with E-state index in [-0.39, 0.29) is 0 Å². The van der Waals surface area contributed by atoms with E-state index in [1.54, 1.807) is 0 Å². The van der Waals surface area contributed by atoms with Crippen LogP contribution < -0.4 is 0 Å². The first-order valence-corrected chi connectivity index (χ1v) is 7.00. The van der Waals surface area contributed by atoms with Crippen molar-refractivity contribution in [2.75, 3.05) is 20.1 Å². The van der Waals surface area contributed by atoms with Gasteiger partial charge in [0.25, 0.3) is 0 Å².